The Morgan fingerprint density at radius 2 is 1.93 bits per heavy atom. The van der Waals surface area contributed by atoms with Crippen LogP contribution in [-0.2, 0) is 22.4 Å². The standard InChI is InChI=1S/C20H24FN3O3/c1-12(2)13(3)22-18(25)11-27-20(26)19-16-5-4-6-17(16)24(23-19)15-9-7-14(21)8-10-15/h7-10,12-13H,4-6,11H2,1-3H3,(H,22,25)/t13-/m0/s1. The van der Waals surface area contributed by atoms with Gasteiger partial charge in [-0.2, -0.15) is 5.10 Å². The number of esters is 1. The van der Waals surface area contributed by atoms with Gasteiger partial charge < -0.3 is 10.1 Å². The number of ether oxygens (including phenoxy) is 1. The van der Waals surface area contributed by atoms with Crippen LogP contribution in [0.15, 0.2) is 24.3 Å². The Hall–Kier alpha value is -2.70. The maximum Gasteiger partial charge on any atom is 0.359 e. The molecule has 0 unspecified atom stereocenters. The lowest BCUT2D eigenvalue weighted by Gasteiger charge is -2.17. The molecule has 1 atom stereocenters. The Morgan fingerprint density at radius 3 is 2.59 bits per heavy atom. The van der Waals surface area contributed by atoms with Gasteiger partial charge in [-0.1, -0.05) is 13.8 Å². The summed E-state index contributed by atoms with van der Waals surface area (Å²) in [7, 11) is 0. The fraction of sp³-hybridized carbons (Fsp3) is 0.450. The number of nitrogens with one attached hydrogen (secondary N) is 1. The summed E-state index contributed by atoms with van der Waals surface area (Å²) < 4.78 is 20.0. The summed E-state index contributed by atoms with van der Waals surface area (Å²) in [5, 5.41) is 7.18. The van der Waals surface area contributed by atoms with Crippen LogP contribution in [0.4, 0.5) is 4.39 Å². The van der Waals surface area contributed by atoms with Crippen LogP contribution in [0, 0.1) is 11.7 Å². The minimum absolute atomic E-state index is 0.00173. The van der Waals surface area contributed by atoms with Gasteiger partial charge in [-0.05, 0) is 56.4 Å². The van der Waals surface area contributed by atoms with Crippen molar-refractivity contribution in [3.05, 3.63) is 47.0 Å². The molecule has 3 rings (SSSR count). The first-order valence-corrected chi connectivity index (χ1v) is 9.20. The molecule has 0 bridgehead atoms. The third-order valence-electron chi connectivity index (χ3n) is 4.92. The van der Waals surface area contributed by atoms with Crippen LogP contribution >= 0.6 is 0 Å². The molecule has 0 spiro atoms. The lowest BCUT2D eigenvalue weighted by molar-refractivity contribution is -0.125. The van der Waals surface area contributed by atoms with E-state index in [9.17, 15) is 14.0 Å². The molecule has 0 aliphatic heterocycles. The zero-order valence-electron chi connectivity index (χ0n) is 15.8. The van der Waals surface area contributed by atoms with Crippen molar-refractivity contribution in [2.75, 3.05) is 6.61 Å². The number of benzene rings is 1. The van der Waals surface area contributed by atoms with Crippen molar-refractivity contribution in [3.8, 4) is 5.69 Å². The van der Waals surface area contributed by atoms with E-state index in [1.54, 1.807) is 16.8 Å². The molecule has 6 nitrogen and oxygen atoms in total. The van der Waals surface area contributed by atoms with Gasteiger partial charge in [0.25, 0.3) is 5.91 Å². The molecule has 1 heterocycles. The molecule has 2 aromatic rings. The Bertz CT molecular complexity index is 843. The zero-order chi connectivity index (χ0) is 19.6. The summed E-state index contributed by atoms with van der Waals surface area (Å²) in [6, 6.07) is 5.96. The van der Waals surface area contributed by atoms with Crippen molar-refractivity contribution >= 4 is 11.9 Å². The first-order valence-electron chi connectivity index (χ1n) is 9.20. The van der Waals surface area contributed by atoms with Crippen LogP contribution in [0.5, 0.6) is 0 Å². The van der Waals surface area contributed by atoms with Crippen molar-refractivity contribution in [1.82, 2.24) is 15.1 Å². The summed E-state index contributed by atoms with van der Waals surface area (Å²) in [5.41, 5.74) is 2.71. The second-order valence-corrected chi connectivity index (χ2v) is 7.19. The molecule has 0 fully saturated rings. The summed E-state index contributed by atoms with van der Waals surface area (Å²) in [4.78, 5) is 24.4. The van der Waals surface area contributed by atoms with E-state index >= 15 is 0 Å². The maximum absolute atomic E-state index is 13.2. The first kappa shape index (κ1) is 19.1. The predicted octanol–water partition coefficient (Wildman–Crippen LogP) is 2.82. The van der Waals surface area contributed by atoms with Gasteiger partial charge in [0.2, 0.25) is 0 Å². The van der Waals surface area contributed by atoms with Gasteiger partial charge >= 0.3 is 5.97 Å². The molecule has 1 aromatic heterocycles. The SMILES string of the molecule is CC(C)[C@H](C)NC(=O)COC(=O)c1nn(-c2ccc(F)cc2)c2c1CCC2. The predicted molar refractivity (Wildman–Crippen MR) is 98.3 cm³/mol. The molecule has 0 saturated heterocycles. The smallest absolute Gasteiger partial charge is 0.359 e. The highest BCUT2D eigenvalue weighted by Crippen LogP contribution is 2.28. The van der Waals surface area contributed by atoms with E-state index in [1.165, 1.54) is 12.1 Å². The van der Waals surface area contributed by atoms with E-state index in [1.807, 2.05) is 20.8 Å². The molecule has 27 heavy (non-hydrogen) atoms. The van der Waals surface area contributed by atoms with Crippen LogP contribution in [0.2, 0.25) is 0 Å². The van der Waals surface area contributed by atoms with Crippen molar-refractivity contribution in [2.45, 2.75) is 46.1 Å². The van der Waals surface area contributed by atoms with E-state index < -0.39 is 5.97 Å². The largest absolute Gasteiger partial charge is 0.451 e. The molecular formula is C20H24FN3O3. The van der Waals surface area contributed by atoms with Crippen LogP contribution in [0.3, 0.4) is 0 Å². The van der Waals surface area contributed by atoms with E-state index in [2.05, 4.69) is 10.4 Å². The number of amides is 1. The van der Waals surface area contributed by atoms with E-state index in [0.29, 0.717) is 11.6 Å². The second-order valence-electron chi connectivity index (χ2n) is 7.19. The van der Waals surface area contributed by atoms with Crippen LogP contribution in [0.25, 0.3) is 5.69 Å². The van der Waals surface area contributed by atoms with E-state index in [4.69, 9.17) is 4.74 Å². The molecular weight excluding hydrogens is 349 g/mol. The minimum Gasteiger partial charge on any atom is -0.451 e. The van der Waals surface area contributed by atoms with Crippen LogP contribution < -0.4 is 5.32 Å². The Labute approximate surface area is 157 Å². The Balaban J connectivity index is 1.73. The number of nitrogens with zero attached hydrogens (tertiary/aromatic N) is 2. The Morgan fingerprint density at radius 1 is 1.22 bits per heavy atom. The highest BCUT2D eigenvalue weighted by atomic mass is 19.1. The molecule has 1 aliphatic rings. The van der Waals surface area contributed by atoms with E-state index in [-0.39, 0.29) is 30.1 Å². The summed E-state index contributed by atoms with van der Waals surface area (Å²) in [6.45, 7) is 5.57. The number of rotatable bonds is 6. The van der Waals surface area contributed by atoms with Crippen LogP contribution in [-0.4, -0.2) is 34.3 Å². The lowest BCUT2D eigenvalue weighted by Crippen LogP contribution is -2.38. The molecule has 1 amide bonds. The maximum atomic E-state index is 13.2. The fourth-order valence-electron chi connectivity index (χ4n) is 3.06. The third-order valence-corrected chi connectivity index (χ3v) is 4.92. The fourth-order valence-corrected chi connectivity index (χ4v) is 3.06. The van der Waals surface area contributed by atoms with Gasteiger partial charge in [0.15, 0.2) is 12.3 Å². The van der Waals surface area contributed by atoms with Crippen molar-refractivity contribution in [2.24, 2.45) is 5.92 Å². The van der Waals surface area contributed by atoms with Gasteiger partial charge in [0, 0.05) is 17.3 Å². The second kappa shape index (κ2) is 7.90. The average Bonchev–Trinajstić information content (AvgIpc) is 3.23. The molecule has 7 heteroatoms. The van der Waals surface area contributed by atoms with Crippen molar-refractivity contribution in [3.63, 3.8) is 0 Å². The summed E-state index contributed by atoms with van der Waals surface area (Å²) in [5.74, 6) is -0.983. The van der Waals surface area contributed by atoms with Gasteiger partial charge in [0.05, 0.1) is 5.69 Å². The molecule has 1 aliphatic carbocycles. The van der Waals surface area contributed by atoms with Crippen molar-refractivity contribution in [1.29, 1.82) is 0 Å². The minimum atomic E-state index is -0.610. The number of carbonyl (C=O) groups is 2. The number of hydrogen-bond donors (Lipinski definition) is 1. The monoisotopic (exact) mass is 373 g/mol. The summed E-state index contributed by atoms with van der Waals surface area (Å²) in [6.07, 6.45) is 2.44. The average molecular weight is 373 g/mol. The van der Waals surface area contributed by atoms with Crippen molar-refractivity contribution < 1.29 is 18.7 Å². The number of carbonyl (C=O) groups excluding carboxylic acids is 2. The normalized spacial score (nSPS) is 14.1. The number of fused-ring (bicyclic) bond motifs is 1. The van der Waals surface area contributed by atoms with Gasteiger partial charge in [-0.15, -0.1) is 0 Å². The molecule has 1 aromatic carbocycles. The highest BCUT2D eigenvalue weighted by Gasteiger charge is 2.28. The van der Waals surface area contributed by atoms with Crippen LogP contribution in [0.1, 0.15) is 48.9 Å². The number of hydrogen-bond acceptors (Lipinski definition) is 4. The highest BCUT2D eigenvalue weighted by molar-refractivity contribution is 5.91. The van der Waals surface area contributed by atoms with Gasteiger partial charge in [-0.25, -0.2) is 13.9 Å². The number of aromatic nitrogens is 2. The topological polar surface area (TPSA) is 73.2 Å². The van der Waals surface area contributed by atoms with Gasteiger partial charge in [0.1, 0.15) is 5.82 Å². The van der Waals surface area contributed by atoms with E-state index in [0.717, 1.165) is 30.5 Å². The Kier molecular flexibility index (Phi) is 5.58. The quantitative estimate of drug-likeness (QED) is 0.791. The molecule has 0 radical (unpaired) electrons. The third kappa shape index (κ3) is 4.18. The number of halogens is 1. The first-order chi connectivity index (χ1) is 12.9. The molecule has 0 saturated carbocycles. The lowest BCUT2D eigenvalue weighted by atomic mass is 10.1. The molecule has 144 valence electrons. The zero-order valence-corrected chi connectivity index (χ0v) is 15.8. The molecule has 1 N–H and O–H groups in total. The van der Waals surface area contributed by atoms with Gasteiger partial charge in [-0.3, -0.25) is 4.79 Å². The summed E-state index contributed by atoms with van der Waals surface area (Å²) >= 11 is 0.